The summed E-state index contributed by atoms with van der Waals surface area (Å²) in [4.78, 5) is 12.1. The molecule has 1 atom stereocenters. The van der Waals surface area contributed by atoms with Crippen molar-refractivity contribution in [1.82, 2.24) is 10.6 Å². The minimum absolute atomic E-state index is 0. The Morgan fingerprint density at radius 3 is 2.57 bits per heavy atom. The predicted molar refractivity (Wildman–Crippen MR) is 82.7 cm³/mol. The second-order valence-corrected chi connectivity index (χ2v) is 4.79. The maximum atomic E-state index is 12.1. The number of ether oxygens (including phenoxy) is 1. The van der Waals surface area contributed by atoms with Gasteiger partial charge in [-0.3, -0.25) is 0 Å². The molecule has 0 aromatic heterocycles. The highest BCUT2D eigenvalue weighted by Gasteiger charge is 2.30. The third kappa shape index (κ3) is 3.71. The number of carbonyl (C=O) groups is 1. The third-order valence-electron chi connectivity index (χ3n) is 2.99. The molecule has 0 aliphatic carbocycles. The van der Waals surface area contributed by atoms with Crippen LogP contribution < -0.4 is 10.6 Å². The first-order chi connectivity index (χ1) is 9.52. The molecule has 21 heavy (non-hydrogen) atoms. The van der Waals surface area contributed by atoms with Gasteiger partial charge in [-0.25, -0.2) is 4.79 Å². The molecule has 5 N–H and O–H groups in total. The summed E-state index contributed by atoms with van der Waals surface area (Å²) in [6.45, 7) is 3.85. The van der Waals surface area contributed by atoms with Crippen LogP contribution in [0.4, 0.5) is 0 Å². The van der Waals surface area contributed by atoms with Gasteiger partial charge in [-0.1, -0.05) is 12.1 Å². The van der Waals surface area contributed by atoms with Gasteiger partial charge in [-0.15, -0.1) is 0 Å². The number of esters is 1. The number of allylic oxidation sites excluding steroid dienone is 1. The molecule has 1 aliphatic heterocycles. The number of thiocarbonyl (C=S) groups is 1. The Kier molecular flexibility index (Phi) is 5.69. The van der Waals surface area contributed by atoms with Crippen LogP contribution in [0.25, 0.3) is 0 Å². The van der Waals surface area contributed by atoms with Crippen molar-refractivity contribution in [3.63, 3.8) is 0 Å². The number of aromatic hydroxyl groups is 1. The lowest BCUT2D eigenvalue weighted by molar-refractivity contribution is -0.139. The Bertz CT molecular complexity index is 569. The van der Waals surface area contributed by atoms with Gasteiger partial charge in [0.1, 0.15) is 5.75 Å². The molecule has 1 heterocycles. The van der Waals surface area contributed by atoms with Crippen molar-refractivity contribution in [3.8, 4) is 5.75 Å². The number of carbonyl (C=O) groups excluding carboxylic acids is 1. The van der Waals surface area contributed by atoms with Gasteiger partial charge >= 0.3 is 5.97 Å². The summed E-state index contributed by atoms with van der Waals surface area (Å²) in [5.74, 6) is -0.214. The van der Waals surface area contributed by atoms with Gasteiger partial charge < -0.3 is 26.0 Å². The van der Waals surface area contributed by atoms with Gasteiger partial charge in [0.2, 0.25) is 0 Å². The van der Waals surface area contributed by atoms with Gasteiger partial charge in [0.15, 0.2) is 5.11 Å². The van der Waals surface area contributed by atoms with E-state index in [2.05, 4.69) is 10.6 Å². The lowest BCUT2D eigenvalue weighted by atomic mass is 9.95. The molecule has 1 aliphatic rings. The molecule has 114 valence electrons. The van der Waals surface area contributed by atoms with Gasteiger partial charge in [-0.05, 0) is 43.8 Å². The van der Waals surface area contributed by atoms with E-state index in [0.29, 0.717) is 23.0 Å². The molecule has 0 radical (unpaired) electrons. The molecule has 1 aromatic rings. The van der Waals surface area contributed by atoms with Crippen molar-refractivity contribution < 1.29 is 20.1 Å². The van der Waals surface area contributed by atoms with Gasteiger partial charge in [0, 0.05) is 5.70 Å². The van der Waals surface area contributed by atoms with Crippen molar-refractivity contribution in [2.24, 2.45) is 0 Å². The van der Waals surface area contributed by atoms with E-state index in [4.69, 9.17) is 17.0 Å². The van der Waals surface area contributed by atoms with Crippen molar-refractivity contribution >= 4 is 23.3 Å². The van der Waals surface area contributed by atoms with Gasteiger partial charge in [0.05, 0.1) is 18.2 Å². The van der Waals surface area contributed by atoms with Gasteiger partial charge in [-0.2, -0.15) is 0 Å². The number of phenols is 1. The van der Waals surface area contributed by atoms with Crippen molar-refractivity contribution in [3.05, 3.63) is 41.1 Å². The van der Waals surface area contributed by atoms with Gasteiger partial charge in [0.25, 0.3) is 0 Å². The molecule has 0 spiro atoms. The fourth-order valence-corrected chi connectivity index (χ4v) is 2.36. The fourth-order valence-electron chi connectivity index (χ4n) is 2.09. The highest BCUT2D eigenvalue weighted by Crippen LogP contribution is 2.28. The van der Waals surface area contributed by atoms with Crippen LogP contribution in [0.3, 0.4) is 0 Å². The monoisotopic (exact) mass is 310 g/mol. The van der Waals surface area contributed by atoms with Crippen molar-refractivity contribution in [1.29, 1.82) is 0 Å². The molecule has 0 unspecified atom stereocenters. The van der Waals surface area contributed by atoms with Crippen LogP contribution in [-0.2, 0) is 9.53 Å². The zero-order valence-corrected chi connectivity index (χ0v) is 12.6. The van der Waals surface area contributed by atoms with E-state index in [1.807, 2.05) is 0 Å². The number of hydrogen-bond acceptors (Lipinski definition) is 4. The number of nitrogens with one attached hydrogen (secondary N) is 2. The highest BCUT2D eigenvalue weighted by molar-refractivity contribution is 7.80. The average molecular weight is 310 g/mol. The summed E-state index contributed by atoms with van der Waals surface area (Å²) in [6, 6.07) is 6.24. The Balaban J connectivity index is 0.00000220. The molecule has 0 saturated carbocycles. The van der Waals surface area contributed by atoms with Crippen LogP contribution in [0.2, 0.25) is 0 Å². The van der Waals surface area contributed by atoms with Crippen LogP contribution in [0.5, 0.6) is 5.75 Å². The van der Waals surface area contributed by atoms with Crippen LogP contribution in [-0.4, -0.2) is 28.3 Å². The Morgan fingerprint density at radius 1 is 1.38 bits per heavy atom. The zero-order chi connectivity index (χ0) is 14.7. The number of phenolic OH excluding ortho intramolecular Hbond substituents is 1. The summed E-state index contributed by atoms with van der Waals surface area (Å²) in [5, 5.41) is 15.8. The molecule has 0 amide bonds. The lowest BCUT2D eigenvalue weighted by Crippen LogP contribution is -2.45. The minimum Gasteiger partial charge on any atom is -0.508 e. The first kappa shape index (κ1) is 16.9. The lowest BCUT2D eigenvalue weighted by Gasteiger charge is -2.29. The molecule has 0 saturated heterocycles. The largest absolute Gasteiger partial charge is 0.508 e. The van der Waals surface area contributed by atoms with E-state index >= 15 is 0 Å². The Hall–Kier alpha value is -2.12. The van der Waals surface area contributed by atoms with Crippen LogP contribution in [0, 0.1) is 0 Å². The number of benzene rings is 1. The standard InChI is InChI=1S/C14H16N2O3S.H2O/c1-3-19-13(18)11-8(2)15-14(20)16-12(11)9-4-6-10(17)7-5-9;/h4-7,12,17H,3H2,1-2H3,(H2,15,16,20);1H2/t12-;/m0./s1. The summed E-state index contributed by atoms with van der Waals surface area (Å²) < 4.78 is 5.09. The summed E-state index contributed by atoms with van der Waals surface area (Å²) >= 11 is 5.13. The van der Waals surface area contributed by atoms with Crippen molar-refractivity contribution in [2.75, 3.05) is 6.61 Å². The quantitative estimate of drug-likeness (QED) is 0.567. The molecular weight excluding hydrogens is 292 g/mol. The van der Waals surface area contributed by atoms with E-state index in [-0.39, 0.29) is 23.2 Å². The second-order valence-electron chi connectivity index (χ2n) is 4.38. The molecule has 7 heteroatoms. The van der Waals surface area contributed by atoms with E-state index in [1.54, 1.807) is 38.1 Å². The van der Waals surface area contributed by atoms with E-state index in [1.165, 1.54) is 0 Å². The van der Waals surface area contributed by atoms with Crippen LogP contribution in [0.1, 0.15) is 25.5 Å². The minimum atomic E-state index is -0.386. The first-order valence-corrected chi connectivity index (χ1v) is 6.68. The number of hydrogen-bond donors (Lipinski definition) is 3. The van der Waals surface area contributed by atoms with Crippen LogP contribution in [0.15, 0.2) is 35.5 Å². The van der Waals surface area contributed by atoms with Crippen molar-refractivity contribution in [2.45, 2.75) is 19.9 Å². The van der Waals surface area contributed by atoms with Crippen LogP contribution >= 0.6 is 12.2 Å². The molecule has 0 bridgehead atoms. The Labute approximate surface area is 128 Å². The van der Waals surface area contributed by atoms with E-state index < -0.39 is 0 Å². The topological polar surface area (TPSA) is 102 Å². The zero-order valence-electron chi connectivity index (χ0n) is 11.8. The molecule has 0 fully saturated rings. The SMILES string of the molecule is CCOC(=O)C1=C(C)NC(=S)N[C@H]1c1ccc(O)cc1.O. The molecule has 2 rings (SSSR count). The second kappa shape index (κ2) is 7.05. The average Bonchev–Trinajstić information content (AvgIpc) is 2.38. The maximum Gasteiger partial charge on any atom is 0.338 e. The summed E-state index contributed by atoms with van der Waals surface area (Å²) in [7, 11) is 0. The Morgan fingerprint density at radius 2 is 2.00 bits per heavy atom. The summed E-state index contributed by atoms with van der Waals surface area (Å²) in [5.41, 5.74) is 1.99. The van der Waals surface area contributed by atoms with E-state index in [9.17, 15) is 9.90 Å². The normalized spacial score (nSPS) is 17.4. The molecule has 6 nitrogen and oxygen atoms in total. The first-order valence-electron chi connectivity index (χ1n) is 6.27. The number of rotatable bonds is 3. The summed E-state index contributed by atoms with van der Waals surface area (Å²) in [6.07, 6.45) is 0. The smallest absolute Gasteiger partial charge is 0.338 e. The maximum absolute atomic E-state index is 12.1. The predicted octanol–water partition coefficient (Wildman–Crippen LogP) is 0.923. The fraction of sp³-hybridized carbons (Fsp3) is 0.286. The van der Waals surface area contributed by atoms with E-state index in [0.717, 1.165) is 5.56 Å². The molecule has 1 aromatic carbocycles. The third-order valence-corrected chi connectivity index (χ3v) is 3.21. The highest BCUT2D eigenvalue weighted by atomic mass is 32.1. The molecular formula is C14H18N2O4S.